The van der Waals surface area contributed by atoms with Gasteiger partial charge in [0.15, 0.2) is 0 Å². The van der Waals surface area contributed by atoms with Crippen LogP contribution in [0.4, 0.5) is 15.5 Å². The first-order chi connectivity index (χ1) is 15.1. The molecule has 3 heterocycles. The van der Waals surface area contributed by atoms with E-state index in [0.717, 1.165) is 23.3 Å². The van der Waals surface area contributed by atoms with E-state index in [1.54, 1.807) is 38.1 Å². The molecule has 2 atom stereocenters. The van der Waals surface area contributed by atoms with Crippen LogP contribution in [-0.4, -0.2) is 40.5 Å². The molecule has 0 aliphatic carbocycles. The zero-order chi connectivity index (χ0) is 23.2. The summed E-state index contributed by atoms with van der Waals surface area (Å²) in [6, 6.07) is 6.33. The molecule has 2 aliphatic heterocycles. The SMILES string of the molecule is CC(C)(CN1C2CCC1c1c(sc(NC(=O)Nc3ccc(Cl)cc3)c1C(N)=O)C2)C(=O)O. The van der Waals surface area contributed by atoms with Crippen LogP contribution in [0.15, 0.2) is 24.3 Å². The summed E-state index contributed by atoms with van der Waals surface area (Å²) in [6.45, 7) is 3.80. The molecule has 2 aromatic rings. The number of rotatable bonds is 6. The van der Waals surface area contributed by atoms with E-state index in [4.69, 9.17) is 17.3 Å². The Bertz CT molecular complexity index is 1080. The lowest BCUT2D eigenvalue weighted by atomic mass is 9.89. The molecule has 1 aromatic carbocycles. The Kier molecular flexibility index (Phi) is 5.91. The van der Waals surface area contributed by atoms with Crippen molar-refractivity contribution in [3.05, 3.63) is 45.3 Å². The number of carboxylic acids is 1. The van der Waals surface area contributed by atoms with Crippen molar-refractivity contribution in [2.75, 3.05) is 17.2 Å². The highest BCUT2D eigenvalue weighted by molar-refractivity contribution is 7.17. The molecule has 10 heteroatoms. The van der Waals surface area contributed by atoms with Crippen LogP contribution in [0, 0.1) is 5.41 Å². The number of aliphatic carboxylic acids is 1. The Morgan fingerprint density at radius 2 is 1.91 bits per heavy atom. The van der Waals surface area contributed by atoms with Gasteiger partial charge in [-0.05, 0) is 62.9 Å². The molecule has 1 fully saturated rings. The van der Waals surface area contributed by atoms with Crippen LogP contribution in [-0.2, 0) is 11.2 Å². The van der Waals surface area contributed by atoms with E-state index in [1.807, 2.05) is 0 Å². The maximum atomic E-state index is 12.6. The summed E-state index contributed by atoms with van der Waals surface area (Å²) in [5.74, 6) is -1.46. The maximum absolute atomic E-state index is 12.6. The van der Waals surface area contributed by atoms with Crippen molar-refractivity contribution in [3.63, 3.8) is 0 Å². The van der Waals surface area contributed by atoms with Crippen molar-refractivity contribution in [2.45, 2.75) is 45.2 Å². The predicted molar refractivity (Wildman–Crippen MR) is 125 cm³/mol. The average molecular weight is 477 g/mol. The number of fused-ring (bicyclic) bond motifs is 4. The number of hydrogen-bond donors (Lipinski definition) is 4. The van der Waals surface area contributed by atoms with E-state index in [0.29, 0.717) is 34.2 Å². The molecule has 2 aliphatic rings. The van der Waals surface area contributed by atoms with E-state index in [-0.39, 0.29) is 12.1 Å². The van der Waals surface area contributed by atoms with E-state index >= 15 is 0 Å². The highest BCUT2D eigenvalue weighted by atomic mass is 35.5. The van der Waals surface area contributed by atoms with Crippen LogP contribution in [0.5, 0.6) is 0 Å². The molecule has 2 unspecified atom stereocenters. The third-order valence-corrected chi connectivity index (χ3v) is 7.55. The number of benzene rings is 1. The average Bonchev–Trinajstić information content (AvgIpc) is 3.19. The first kappa shape index (κ1) is 22.6. The van der Waals surface area contributed by atoms with Crippen LogP contribution in [0.3, 0.4) is 0 Å². The molecule has 170 valence electrons. The summed E-state index contributed by atoms with van der Waals surface area (Å²) >= 11 is 7.25. The minimum Gasteiger partial charge on any atom is -0.481 e. The van der Waals surface area contributed by atoms with Crippen LogP contribution >= 0.6 is 22.9 Å². The maximum Gasteiger partial charge on any atom is 0.324 e. The number of carbonyl (C=O) groups excluding carboxylic acids is 2. The minimum absolute atomic E-state index is 0.0870. The number of carbonyl (C=O) groups is 3. The normalized spacial score (nSPS) is 20.0. The number of nitrogens with two attached hydrogens (primary N) is 1. The summed E-state index contributed by atoms with van der Waals surface area (Å²) in [4.78, 5) is 39.9. The third-order valence-electron chi connectivity index (χ3n) is 6.15. The Balaban J connectivity index is 1.60. The van der Waals surface area contributed by atoms with Gasteiger partial charge in [0.25, 0.3) is 5.91 Å². The number of urea groups is 1. The lowest BCUT2D eigenvalue weighted by Crippen LogP contribution is -2.45. The molecule has 1 aromatic heterocycles. The third kappa shape index (κ3) is 4.20. The van der Waals surface area contributed by atoms with Gasteiger partial charge in [0.05, 0.1) is 11.0 Å². The zero-order valence-electron chi connectivity index (χ0n) is 17.8. The smallest absolute Gasteiger partial charge is 0.324 e. The standard InChI is InChI=1S/C22H25ClN4O4S/c1-22(2,20(29)30)10-27-13-7-8-14(27)16-15(9-13)32-19(17(16)18(24)28)26-21(31)25-12-5-3-11(23)4-6-12/h3-6,13-14H,7-10H2,1-2H3,(H2,24,28)(H,29,30)(H2,25,26,31). The lowest BCUT2D eigenvalue weighted by Gasteiger charge is -2.38. The number of nitrogens with one attached hydrogen (secondary N) is 2. The van der Waals surface area contributed by atoms with Gasteiger partial charge in [0, 0.05) is 34.2 Å². The molecule has 1 saturated heterocycles. The van der Waals surface area contributed by atoms with Gasteiger partial charge >= 0.3 is 12.0 Å². The predicted octanol–water partition coefficient (Wildman–Crippen LogP) is 4.32. The summed E-state index contributed by atoms with van der Waals surface area (Å²) in [6.07, 6.45) is 2.45. The molecule has 2 bridgehead atoms. The first-order valence-corrected chi connectivity index (χ1v) is 11.5. The zero-order valence-corrected chi connectivity index (χ0v) is 19.3. The molecule has 5 N–H and O–H groups in total. The van der Waals surface area contributed by atoms with Crippen molar-refractivity contribution in [1.82, 2.24) is 4.90 Å². The van der Waals surface area contributed by atoms with Gasteiger partial charge in [0.1, 0.15) is 5.00 Å². The summed E-state index contributed by atoms with van der Waals surface area (Å²) in [5, 5.41) is 16.1. The van der Waals surface area contributed by atoms with Crippen LogP contribution in [0.1, 0.15) is 53.5 Å². The van der Waals surface area contributed by atoms with Crippen LogP contribution in [0.2, 0.25) is 5.02 Å². The highest BCUT2D eigenvalue weighted by Crippen LogP contribution is 2.51. The number of anilines is 2. The monoisotopic (exact) mass is 476 g/mol. The Labute approximate surface area is 194 Å². The number of thiophene rings is 1. The van der Waals surface area contributed by atoms with E-state index in [1.165, 1.54) is 11.3 Å². The van der Waals surface area contributed by atoms with Crippen molar-refractivity contribution in [3.8, 4) is 0 Å². The molecule has 0 radical (unpaired) electrons. The second-order valence-corrected chi connectivity index (χ2v) is 10.4. The molecular formula is C22H25ClN4O4S. The Morgan fingerprint density at radius 1 is 1.22 bits per heavy atom. The number of carboxylic acid groups (broad SMARTS) is 1. The largest absolute Gasteiger partial charge is 0.481 e. The number of halogens is 1. The summed E-state index contributed by atoms with van der Waals surface area (Å²) in [5.41, 5.74) is 6.55. The molecule has 8 nitrogen and oxygen atoms in total. The quantitative estimate of drug-likeness (QED) is 0.494. The summed E-state index contributed by atoms with van der Waals surface area (Å²) in [7, 11) is 0. The van der Waals surface area contributed by atoms with Crippen molar-refractivity contribution in [1.29, 1.82) is 0 Å². The number of hydrogen-bond acceptors (Lipinski definition) is 5. The van der Waals surface area contributed by atoms with Gasteiger partial charge in [0.2, 0.25) is 0 Å². The second-order valence-electron chi connectivity index (χ2n) is 8.91. The van der Waals surface area contributed by atoms with Crippen LogP contribution < -0.4 is 16.4 Å². The molecular weight excluding hydrogens is 452 g/mol. The Morgan fingerprint density at radius 3 is 2.53 bits per heavy atom. The fraction of sp³-hybridized carbons (Fsp3) is 0.409. The van der Waals surface area contributed by atoms with Crippen molar-refractivity contribution in [2.24, 2.45) is 11.1 Å². The highest BCUT2D eigenvalue weighted by Gasteiger charge is 2.46. The van der Waals surface area contributed by atoms with Gasteiger partial charge in [-0.2, -0.15) is 0 Å². The van der Waals surface area contributed by atoms with Gasteiger partial charge in [-0.25, -0.2) is 4.79 Å². The minimum atomic E-state index is -0.916. The molecule has 4 rings (SSSR count). The van der Waals surface area contributed by atoms with E-state index in [9.17, 15) is 19.5 Å². The number of amides is 3. The second kappa shape index (κ2) is 8.38. The number of primary amides is 1. The van der Waals surface area contributed by atoms with E-state index < -0.39 is 23.3 Å². The van der Waals surface area contributed by atoms with Crippen LogP contribution in [0.25, 0.3) is 0 Å². The molecule has 32 heavy (non-hydrogen) atoms. The topological polar surface area (TPSA) is 125 Å². The fourth-order valence-electron chi connectivity index (χ4n) is 4.57. The molecule has 0 saturated carbocycles. The van der Waals surface area contributed by atoms with E-state index in [2.05, 4.69) is 15.5 Å². The van der Waals surface area contributed by atoms with Gasteiger partial charge < -0.3 is 16.2 Å². The molecule has 3 amide bonds. The number of nitrogens with zero attached hydrogens (tertiary/aromatic N) is 1. The van der Waals surface area contributed by atoms with Gasteiger partial charge in [-0.1, -0.05) is 11.6 Å². The lowest BCUT2D eigenvalue weighted by molar-refractivity contribution is -0.148. The Hall–Kier alpha value is -2.62. The van der Waals surface area contributed by atoms with Gasteiger partial charge in [-0.15, -0.1) is 11.3 Å². The van der Waals surface area contributed by atoms with Gasteiger partial charge in [-0.3, -0.25) is 19.8 Å². The fourth-order valence-corrected chi connectivity index (χ4v) is 6.02. The molecule has 0 spiro atoms. The first-order valence-electron chi connectivity index (χ1n) is 10.3. The van der Waals surface area contributed by atoms with Crippen molar-refractivity contribution >= 4 is 51.5 Å². The van der Waals surface area contributed by atoms with Crippen molar-refractivity contribution < 1.29 is 19.5 Å². The summed E-state index contributed by atoms with van der Waals surface area (Å²) < 4.78 is 0.